The number of rotatable bonds is 5. The van der Waals surface area contributed by atoms with Crippen LogP contribution in [0.2, 0.25) is 0 Å². The number of hydrogen-bond donors (Lipinski definition) is 2. The van der Waals surface area contributed by atoms with E-state index < -0.39 is 0 Å². The van der Waals surface area contributed by atoms with Gasteiger partial charge in [-0.2, -0.15) is 0 Å². The van der Waals surface area contributed by atoms with Gasteiger partial charge in [0, 0.05) is 45.8 Å². The molecule has 2 heterocycles. The molecule has 8 heteroatoms. The molecule has 1 spiro atoms. The summed E-state index contributed by atoms with van der Waals surface area (Å²) in [6, 6.07) is 0. The van der Waals surface area contributed by atoms with Crippen LogP contribution < -0.4 is 10.6 Å². The monoisotopic (exact) mass is 426 g/mol. The lowest BCUT2D eigenvalue weighted by Gasteiger charge is -2.24. The molecule has 2 aliphatic heterocycles. The van der Waals surface area contributed by atoms with E-state index >= 15 is 0 Å². The summed E-state index contributed by atoms with van der Waals surface area (Å²) in [6.45, 7) is 4.91. The Balaban J connectivity index is 0.00000242. The zero-order valence-electron chi connectivity index (χ0n) is 13.4. The van der Waals surface area contributed by atoms with Gasteiger partial charge >= 0.3 is 0 Å². The molecule has 0 aromatic rings. The molecular weight excluding hydrogens is 399 g/mol. The zero-order valence-corrected chi connectivity index (χ0v) is 15.7. The third-order valence-electron chi connectivity index (χ3n) is 4.17. The molecule has 0 aromatic heterocycles. The Morgan fingerprint density at radius 1 is 1.41 bits per heavy atom. The van der Waals surface area contributed by atoms with Crippen LogP contribution in [0, 0.1) is 5.41 Å². The fraction of sp³-hybridized carbons (Fsp3) is 0.857. The Bertz CT molecular complexity index is 386. The highest BCUT2D eigenvalue weighted by atomic mass is 127. The molecule has 1 atom stereocenters. The van der Waals surface area contributed by atoms with Crippen molar-refractivity contribution >= 4 is 35.8 Å². The van der Waals surface area contributed by atoms with Crippen LogP contribution in [0.5, 0.6) is 0 Å². The number of nitrogens with one attached hydrogen (secondary N) is 2. The first kappa shape index (κ1) is 19.4. The lowest BCUT2D eigenvalue weighted by molar-refractivity contribution is -0.120. The maximum Gasteiger partial charge on any atom is 0.239 e. The smallest absolute Gasteiger partial charge is 0.239 e. The number of ether oxygens (including phenoxy) is 2. The van der Waals surface area contributed by atoms with E-state index in [1.54, 1.807) is 14.2 Å². The van der Waals surface area contributed by atoms with Gasteiger partial charge in [0.1, 0.15) is 0 Å². The molecule has 0 radical (unpaired) electrons. The Morgan fingerprint density at radius 2 is 2.23 bits per heavy atom. The van der Waals surface area contributed by atoms with Crippen molar-refractivity contribution in [1.29, 1.82) is 0 Å². The van der Waals surface area contributed by atoms with E-state index in [9.17, 15) is 4.79 Å². The number of methoxy groups -OCH3 is 1. The molecule has 0 bridgehead atoms. The average Bonchev–Trinajstić information content (AvgIpc) is 3.11. The minimum Gasteiger partial charge on any atom is -0.383 e. The topological polar surface area (TPSA) is 75.2 Å². The van der Waals surface area contributed by atoms with Gasteiger partial charge in [0.05, 0.1) is 19.8 Å². The van der Waals surface area contributed by atoms with Crippen LogP contribution in [0.4, 0.5) is 0 Å². The van der Waals surface area contributed by atoms with E-state index in [4.69, 9.17) is 9.47 Å². The largest absolute Gasteiger partial charge is 0.383 e. The van der Waals surface area contributed by atoms with Crippen molar-refractivity contribution in [3.8, 4) is 0 Å². The van der Waals surface area contributed by atoms with Crippen molar-refractivity contribution in [3.05, 3.63) is 0 Å². The Morgan fingerprint density at radius 3 is 2.86 bits per heavy atom. The maximum atomic E-state index is 11.7. The van der Waals surface area contributed by atoms with Gasteiger partial charge in [-0.05, 0) is 12.8 Å². The Kier molecular flexibility index (Phi) is 8.40. The third kappa shape index (κ3) is 5.24. The summed E-state index contributed by atoms with van der Waals surface area (Å²) >= 11 is 0. The quantitative estimate of drug-likeness (QED) is 0.282. The summed E-state index contributed by atoms with van der Waals surface area (Å²) in [5, 5.41) is 5.91. The van der Waals surface area contributed by atoms with Crippen LogP contribution in [-0.4, -0.2) is 76.9 Å². The predicted molar refractivity (Wildman–Crippen MR) is 95.7 cm³/mol. The number of nitrogens with zero attached hydrogens (tertiary/aromatic N) is 2. The first-order valence-corrected chi connectivity index (χ1v) is 7.48. The number of likely N-dealkylation sites (tertiary alicyclic amines) is 1. The molecule has 7 nitrogen and oxygen atoms in total. The number of carbonyl (C=O) groups excluding carboxylic acids is 1. The molecular formula is C14H27IN4O3. The Labute approximate surface area is 149 Å². The lowest BCUT2D eigenvalue weighted by Crippen LogP contribution is -2.45. The van der Waals surface area contributed by atoms with Crippen molar-refractivity contribution < 1.29 is 14.3 Å². The second kappa shape index (κ2) is 9.51. The number of amides is 1. The van der Waals surface area contributed by atoms with Gasteiger partial charge < -0.3 is 25.0 Å². The summed E-state index contributed by atoms with van der Waals surface area (Å²) in [6.07, 6.45) is 2.26. The fourth-order valence-corrected chi connectivity index (χ4v) is 2.93. The second-order valence-corrected chi connectivity index (χ2v) is 5.72. The van der Waals surface area contributed by atoms with Crippen LogP contribution in [0.15, 0.2) is 4.99 Å². The number of halogens is 1. The molecule has 0 aliphatic carbocycles. The molecule has 0 aromatic carbocycles. The predicted octanol–water partition coefficient (Wildman–Crippen LogP) is 0.0548. The van der Waals surface area contributed by atoms with Gasteiger partial charge in [-0.15, -0.1) is 24.0 Å². The summed E-state index contributed by atoms with van der Waals surface area (Å²) in [4.78, 5) is 18.2. The van der Waals surface area contributed by atoms with E-state index in [0.717, 1.165) is 45.1 Å². The third-order valence-corrected chi connectivity index (χ3v) is 4.17. The molecule has 128 valence electrons. The molecule has 2 rings (SSSR count). The molecule has 2 aliphatic rings. The van der Waals surface area contributed by atoms with E-state index in [1.165, 1.54) is 0 Å². The first-order chi connectivity index (χ1) is 10.2. The molecule has 1 unspecified atom stereocenters. The normalized spacial score (nSPS) is 24.5. The van der Waals surface area contributed by atoms with E-state index in [0.29, 0.717) is 18.6 Å². The number of aliphatic imine (C=N–C) groups is 1. The van der Waals surface area contributed by atoms with Crippen molar-refractivity contribution in [3.63, 3.8) is 0 Å². The summed E-state index contributed by atoms with van der Waals surface area (Å²) in [5.74, 6) is 0.743. The van der Waals surface area contributed by atoms with Gasteiger partial charge in [0.15, 0.2) is 5.96 Å². The van der Waals surface area contributed by atoms with Crippen molar-refractivity contribution in [2.45, 2.75) is 12.8 Å². The zero-order chi connectivity index (χ0) is 15.1. The van der Waals surface area contributed by atoms with Crippen LogP contribution in [0.1, 0.15) is 12.8 Å². The van der Waals surface area contributed by atoms with E-state index in [-0.39, 0.29) is 36.4 Å². The fourth-order valence-electron chi connectivity index (χ4n) is 2.93. The van der Waals surface area contributed by atoms with E-state index in [1.807, 2.05) is 0 Å². The molecule has 0 saturated carbocycles. The van der Waals surface area contributed by atoms with Crippen LogP contribution >= 0.6 is 24.0 Å². The van der Waals surface area contributed by atoms with Gasteiger partial charge in [0.2, 0.25) is 5.91 Å². The Hall–Kier alpha value is -0.610. The first-order valence-electron chi connectivity index (χ1n) is 7.48. The van der Waals surface area contributed by atoms with Crippen molar-refractivity contribution in [2.24, 2.45) is 10.4 Å². The molecule has 22 heavy (non-hydrogen) atoms. The second-order valence-electron chi connectivity index (χ2n) is 5.72. The van der Waals surface area contributed by atoms with Gasteiger partial charge in [-0.25, -0.2) is 0 Å². The number of guanidine groups is 1. The number of carbonyl (C=O) groups is 1. The van der Waals surface area contributed by atoms with Crippen molar-refractivity contribution in [2.75, 3.05) is 60.2 Å². The minimum absolute atomic E-state index is 0. The van der Waals surface area contributed by atoms with Gasteiger partial charge in [-0.1, -0.05) is 0 Å². The highest BCUT2D eigenvalue weighted by Gasteiger charge is 2.42. The summed E-state index contributed by atoms with van der Waals surface area (Å²) in [7, 11) is 3.36. The van der Waals surface area contributed by atoms with Crippen molar-refractivity contribution in [1.82, 2.24) is 15.5 Å². The van der Waals surface area contributed by atoms with E-state index in [2.05, 4.69) is 20.5 Å². The minimum atomic E-state index is -0.0497. The highest BCUT2D eigenvalue weighted by molar-refractivity contribution is 14.0. The summed E-state index contributed by atoms with van der Waals surface area (Å²) in [5.41, 5.74) is 0.290. The van der Waals surface area contributed by atoms with Gasteiger partial charge in [0.25, 0.3) is 0 Å². The highest BCUT2D eigenvalue weighted by Crippen LogP contribution is 2.37. The maximum absolute atomic E-state index is 11.7. The average molecular weight is 426 g/mol. The van der Waals surface area contributed by atoms with Crippen LogP contribution in [0.3, 0.4) is 0 Å². The van der Waals surface area contributed by atoms with Crippen LogP contribution in [-0.2, 0) is 14.3 Å². The molecule has 2 fully saturated rings. The van der Waals surface area contributed by atoms with Gasteiger partial charge in [-0.3, -0.25) is 9.79 Å². The number of hydrogen-bond acceptors (Lipinski definition) is 4. The molecule has 2 N–H and O–H groups in total. The standard InChI is InChI=1S/C14H26N4O3.HI/c1-15-13(17-9-12(19)16-5-8-20-2)18-6-3-14(10-18)4-7-21-11-14;/h3-11H2,1-2H3,(H,15,17)(H,16,19);1H. The molecule has 1 amide bonds. The lowest BCUT2D eigenvalue weighted by atomic mass is 9.87. The van der Waals surface area contributed by atoms with Crippen LogP contribution in [0.25, 0.3) is 0 Å². The molecule has 2 saturated heterocycles. The summed E-state index contributed by atoms with van der Waals surface area (Å²) < 4.78 is 10.4. The SMILES string of the molecule is CN=C(NCC(=O)NCCOC)N1CCC2(CCOC2)C1.I.